The van der Waals surface area contributed by atoms with Crippen molar-refractivity contribution in [2.75, 3.05) is 0 Å². The lowest BCUT2D eigenvalue weighted by atomic mass is 10.2. The van der Waals surface area contributed by atoms with Gasteiger partial charge in [0.25, 0.3) is 0 Å². The predicted octanol–water partition coefficient (Wildman–Crippen LogP) is 6.02. The molecule has 2 nitrogen and oxygen atoms in total. The number of fused-ring (bicyclic) bond motifs is 1. The van der Waals surface area contributed by atoms with E-state index in [4.69, 9.17) is 34.8 Å². The van der Waals surface area contributed by atoms with E-state index in [0.717, 1.165) is 20.9 Å². The molecule has 2 aromatic carbocycles. The third kappa shape index (κ3) is 2.63. The molecule has 0 radical (unpaired) electrons. The smallest absolute Gasteiger partial charge is 0.162 e. The number of nitrogens with zero attached hydrogens (tertiary/aromatic N) is 2. The number of hydrogen-bond donors (Lipinski definition) is 0. The van der Waals surface area contributed by atoms with Crippen molar-refractivity contribution in [3.8, 4) is 11.4 Å². The molecule has 0 aliphatic carbocycles. The molecule has 0 atom stereocenters. The predicted molar refractivity (Wildman–Crippen MR) is 87.7 cm³/mol. The molecule has 0 unspecified atom stereocenters. The second kappa shape index (κ2) is 5.49. The summed E-state index contributed by atoms with van der Waals surface area (Å²) in [6.45, 7) is 0. The highest BCUT2D eigenvalue weighted by Gasteiger charge is 2.11. The van der Waals surface area contributed by atoms with Crippen LogP contribution in [0, 0.1) is 0 Å². The molecule has 0 bridgehead atoms. The van der Waals surface area contributed by atoms with E-state index in [9.17, 15) is 0 Å². The number of halogens is 4. The SMILES string of the molecule is Clc1ccc2nc(-c3ccc(Br)cc3Cl)nc(Cl)c2c1. The van der Waals surface area contributed by atoms with Crippen LogP contribution in [-0.2, 0) is 0 Å². The Morgan fingerprint density at radius 2 is 1.70 bits per heavy atom. The Hall–Kier alpha value is -0.870. The fourth-order valence-corrected chi connectivity index (χ4v) is 3.02. The van der Waals surface area contributed by atoms with Crippen molar-refractivity contribution in [1.29, 1.82) is 0 Å². The zero-order chi connectivity index (χ0) is 14.3. The molecule has 0 aliphatic heterocycles. The third-order valence-corrected chi connectivity index (χ3v) is 4.11. The third-order valence-electron chi connectivity index (χ3n) is 2.78. The van der Waals surface area contributed by atoms with Crippen LogP contribution in [0.2, 0.25) is 15.2 Å². The van der Waals surface area contributed by atoms with Gasteiger partial charge >= 0.3 is 0 Å². The van der Waals surface area contributed by atoms with E-state index in [0.29, 0.717) is 21.0 Å². The molecule has 3 aromatic rings. The monoisotopic (exact) mass is 386 g/mol. The molecule has 1 heterocycles. The lowest BCUT2D eigenvalue weighted by molar-refractivity contribution is 1.23. The summed E-state index contributed by atoms with van der Waals surface area (Å²) in [7, 11) is 0. The van der Waals surface area contributed by atoms with Gasteiger partial charge in [0.15, 0.2) is 5.82 Å². The van der Waals surface area contributed by atoms with E-state index in [1.807, 2.05) is 18.2 Å². The molecule has 0 saturated carbocycles. The molecular weight excluding hydrogens is 382 g/mol. The molecule has 100 valence electrons. The van der Waals surface area contributed by atoms with Gasteiger partial charge in [-0.05, 0) is 36.4 Å². The fourth-order valence-electron chi connectivity index (χ4n) is 1.85. The van der Waals surface area contributed by atoms with Crippen LogP contribution in [0.5, 0.6) is 0 Å². The zero-order valence-corrected chi connectivity index (χ0v) is 13.7. The fraction of sp³-hybridized carbons (Fsp3) is 0. The van der Waals surface area contributed by atoms with Crippen molar-refractivity contribution in [2.45, 2.75) is 0 Å². The summed E-state index contributed by atoms with van der Waals surface area (Å²) in [6, 6.07) is 10.8. The van der Waals surface area contributed by atoms with E-state index in [-0.39, 0.29) is 0 Å². The van der Waals surface area contributed by atoms with E-state index < -0.39 is 0 Å². The van der Waals surface area contributed by atoms with Gasteiger partial charge in [0.05, 0.1) is 10.5 Å². The molecular formula is C14H6BrCl3N2. The number of benzene rings is 2. The van der Waals surface area contributed by atoms with Crippen LogP contribution >= 0.6 is 50.7 Å². The van der Waals surface area contributed by atoms with Crippen molar-refractivity contribution in [1.82, 2.24) is 9.97 Å². The van der Waals surface area contributed by atoms with Crippen LogP contribution in [-0.4, -0.2) is 9.97 Å². The van der Waals surface area contributed by atoms with Crippen molar-refractivity contribution in [3.63, 3.8) is 0 Å². The number of rotatable bonds is 1. The minimum absolute atomic E-state index is 0.353. The molecule has 0 saturated heterocycles. The summed E-state index contributed by atoms with van der Waals surface area (Å²) in [4.78, 5) is 8.78. The average Bonchev–Trinajstić information content (AvgIpc) is 2.39. The highest BCUT2D eigenvalue weighted by molar-refractivity contribution is 9.10. The topological polar surface area (TPSA) is 25.8 Å². The highest BCUT2D eigenvalue weighted by Crippen LogP contribution is 2.31. The zero-order valence-electron chi connectivity index (χ0n) is 9.87. The number of aromatic nitrogens is 2. The van der Waals surface area contributed by atoms with E-state index in [1.165, 1.54) is 0 Å². The molecule has 0 amide bonds. The first-order chi connectivity index (χ1) is 9.54. The lowest BCUT2D eigenvalue weighted by Gasteiger charge is -2.07. The first kappa shape index (κ1) is 14.1. The summed E-state index contributed by atoms with van der Waals surface area (Å²) >= 11 is 21.7. The van der Waals surface area contributed by atoms with Crippen LogP contribution in [0.3, 0.4) is 0 Å². The summed E-state index contributed by atoms with van der Waals surface area (Å²) in [5, 5.41) is 2.23. The Labute approximate surface area is 138 Å². The molecule has 1 aromatic heterocycles. The summed E-state index contributed by atoms with van der Waals surface area (Å²) in [5.41, 5.74) is 1.46. The highest BCUT2D eigenvalue weighted by atomic mass is 79.9. The van der Waals surface area contributed by atoms with Crippen LogP contribution in [0.4, 0.5) is 0 Å². The Morgan fingerprint density at radius 1 is 0.900 bits per heavy atom. The molecule has 0 fully saturated rings. The first-order valence-corrected chi connectivity index (χ1v) is 7.55. The van der Waals surface area contributed by atoms with Gasteiger partial charge in [0.2, 0.25) is 0 Å². The van der Waals surface area contributed by atoms with E-state index in [2.05, 4.69) is 25.9 Å². The van der Waals surface area contributed by atoms with Gasteiger partial charge in [-0.15, -0.1) is 0 Å². The quantitative estimate of drug-likeness (QED) is 0.477. The standard InChI is InChI=1S/C14H6BrCl3N2/c15-7-1-3-9(11(17)5-7)14-19-12-4-2-8(16)6-10(12)13(18)20-14/h1-6H. The molecule has 6 heteroatoms. The lowest BCUT2D eigenvalue weighted by Crippen LogP contribution is -1.92. The van der Waals surface area contributed by atoms with Crippen molar-refractivity contribution < 1.29 is 0 Å². The van der Waals surface area contributed by atoms with Gasteiger partial charge in [-0.25, -0.2) is 9.97 Å². The maximum absolute atomic E-state index is 6.22. The van der Waals surface area contributed by atoms with Gasteiger partial charge in [0, 0.05) is 20.4 Å². The molecule has 0 aliphatic rings. The van der Waals surface area contributed by atoms with Crippen LogP contribution < -0.4 is 0 Å². The second-order valence-electron chi connectivity index (χ2n) is 4.12. The summed E-state index contributed by atoms with van der Waals surface area (Å²) in [6.07, 6.45) is 0. The van der Waals surface area contributed by atoms with E-state index in [1.54, 1.807) is 18.2 Å². The van der Waals surface area contributed by atoms with E-state index >= 15 is 0 Å². The molecule has 0 N–H and O–H groups in total. The van der Waals surface area contributed by atoms with Crippen molar-refractivity contribution >= 4 is 61.6 Å². The number of hydrogen-bond acceptors (Lipinski definition) is 2. The van der Waals surface area contributed by atoms with Crippen LogP contribution in [0.25, 0.3) is 22.3 Å². The van der Waals surface area contributed by atoms with Crippen molar-refractivity contribution in [2.24, 2.45) is 0 Å². The Kier molecular flexibility index (Phi) is 3.87. The average molecular weight is 388 g/mol. The van der Waals surface area contributed by atoms with Gasteiger partial charge < -0.3 is 0 Å². The Morgan fingerprint density at radius 3 is 2.45 bits per heavy atom. The molecule has 20 heavy (non-hydrogen) atoms. The molecule has 3 rings (SSSR count). The normalized spacial score (nSPS) is 11.0. The minimum atomic E-state index is 0.353. The van der Waals surface area contributed by atoms with Crippen molar-refractivity contribution in [3.05, 3.63) is 56.1 Å². The Bertz CT molecular complexity index is 821. The van der Waals surface area contributed by atoms with Gasteiger partial charge in [-0.1, -0.05) is 50.7 Å². The van der Waals surface area contributed by atoms with Gasteiger partial charge in [0.1, 0.15) is 5.15 Å². The summed E-state index contributed by atoms with van der Waals surface area (Å²) in [5.74, 6) is 0.488. The van der Waals surface area contributed by atoms with Gasteiger partial charge in [-0.3, -0.25) is 0 Å². The second-order valence-corrected chi connectivity index (χ2v) is 6.24. The van der Waals surface area contributed by atoms with Crippen LogP contribution in [0.1, 0.15) is 0 Å². The minimum Gasteiger partial charge on any atom is -0.228 e. The first-order valence-electron chi connectivity index (χ1n) is 5.63. The maximum atomic E-state index is 6.22. The van der Waals surface area contributed by atoms with Gasteiger partial charge in [-0.2, -0.15) is 0 Å². The Balaban J connectivity index is 2.24. The largest absolute Gasteiger partial charge is 0.228 e. The van der Waals surface area contributed by atoms with Crippen LogP contribution in [0.15, 0.2) is 40.9 Å². The molecule has 0 spiro atoms. The summed E-state index contributed by atoms with van der Waals surface area (Å²) < 4.78 is 0.893. The maximum Gasteiger partial charge on any atom is 0.162 e.